The van der Waals surface area contributed by atoms with Crippen molar-refractivity contribution in [2.75, 3.05) is 4.90 Å². The van der Waals surface area contributed by atoms with Crippen molar-refractivity contribution >= 4 is 35.0 Å². The number of ether oxygens (including phenoxy) is 2. The van der Waals surface area contributed by atoms with Crippen molar-refractivity contribution in [1.82, 2.24) is 9.55 Å². The van der Waals surface area contributed by atoms with Crippen molar-refractivity contribution in [2.45, 2.75) is 20.1 Å². The Morgan fingerprint density at radius 2 is 1.35 bits per heavy atom. The number of ketones is 1. The standard InChI is InChI=1S/C26H23N3O5/c1-18(30)21-13-14-23-22(15-21)27-24(28(23)2)29(25(31)33-16-19-9-5-3-6-10-19)26(32)34-17-20-11-7-4-8-12-20/h3-15H,16-17H2,1-2H3. The number of carbonyl (C=O) groups excluding carboxylic acids is 3. The van der Waals surface area contributed by atoms with Crippen LogP contribution in [0.5, 0.6) is 0 Å². The third-order valence-corrected chi connectivity index (χ3v) is 5.24. The third-order valence-electron chi connectivity index (χ3n) is 5.24. The Morgan fingerprint density at radius 1 is 0.824 bits per heavy atom. The molecule has 0 aliphatic carbocycles. The summed E-state index contributed by atoms with van der Waals surface area (Å²) in [5, 5.41) is 0. The highest BCUT2D eigenvalue weighted by atomic mass is 16.6. The molecule has 0 aliphatic rings. The van der Waals surface area contributed by atoms with Crippen LogP contribution in [0.1, 0.15) is 28.4 Å². The van der Waals surface area contributed by atoms with Crippen molar-refractivity contribution < 1.29 is 23.9 Å². The number of aryl methyl sites for hydroxylation is 1. The molecule has 3 aromatic carbocycles. The first-order chi connectivity index (χ1) is 16.4. The van der Waals surface area contributed by atoms with E-state index in [1.807, 2.05) is 60.7 Å². The number of fused-ring (bicyclic) bond motifs is 1. The number of imidazole rings is 1. The monoisotopic (exact) mass is 457 g/mol. The van der Waals surface area contributed by atoms with Gasteiger partial charge in [0.1, 0.15) is 13.2 Å². The topological polar surface area (TPSA) is 90.7 Å². The molecule has 0 saturated carbocycles. The van der Waals surface area contributed by atoms with Crippen LogP contribution in [0.25, 0.3) is 11.0 Å². The molecule has 0 fully saturated rings. The van der Waals surface area contributed by atoms with E-state index in [2.05, 4.69) is 4.98 Å². The molecule has 1 heterocycles. The summed E-state index contributed by atoms with van der Waals surface area (Å²) in [5.41, 5.74) is 3.11. The summed E-state index contributed by atoms with van der Waals surface area (Å²) in [6.07, 6.45) is -1.85. The summed E-state index contributed by atoms with van der Waals surface area (Å²) in [4.78, 5) is 43.1. The lowest BCUT2D eigenvalue weighted by atomic mass is 10.1. The van der Waals surface area contributed by atoms with Crippen molar-refractivity contribution in [1.29, 1.82) is 0 Å². The molecular weight excluding hydrogens is 434 g/mol. The van der Waals surface area contributed by atoms with Crippen molar-refractivity contribution in [3.63, 3.8) is 0 Å². The number of Topliss-reactive ketones (excluding diaryl/α,β-unsaturated/α-hetero) is 1. The molecule has 8 nitrogen and oxygen atoms in total. The summed E-state index contributed by atoms with van der Waals surface area (Å²) >= 11 is 0. The number of anilines is 1. The summed E-state index contributed by atoms with van der Waals surface area (Å²) in [6, 6.07) is 23.2. The average molecular weight is 457 g/mol. The van der Waals surface area contributed by atoms with Crippen molar-refractivity contribution in [3.05, 3.63) is 95.6 Å². The number of hydrogen-bond donors (Lipinski definition) is 0. The fourth-order valence-corrected chi connectivity index (χ4v) is 3.41. The fraction of sp³-hybridized carbons (Fsp3) is 0.154. The second-order valence-corrected chi connectivity index (χ2v) is 7.65. The Labute approximate surface area is 196 Å². The van der Waals surface area contributed by atoms with E-state index in [4.69, 9.17) is 9.47 Å². The Kier molecular flexibility index (Phi) is 6.68. The van der Waals surface area contributed by atoms with Gasteiger partial charge in [0.15, 0.2) is 5.78 Å². The molecule has 172 valence electrons. The maximum atomic E-state index is 13.1. The van der Waals surface area contributed by atoms with Gasteiger partial charge < -0.3 is 14.0 Å². The second kappa shape index (κ2) is 9.99. The highest BCUT2D eigenvalue weighted by Crippen LogP contribution is 2.24. The van der Waals surface area contributed by atoms with Gasteiger partial charge in [0.05, 0.1) is 11.0 Å². The molecule has 4 rings (SSSR count). The van der Waals surface area contributed by atoms with E-state index < -0.39 is 12.2 Å². The van der Waals surface area contributed by atoms with Crippen molar-refractivity contribution in [2.24, 2.45) is 7.05 Å². The number of imide groups is 1. The van der Waals surface area contributed by atoms with Crippen LogP contribution in [0.3, 0.4) is 0 Å². The van der Waals surface area contributed by atoms with E-state index >= 15 is 0 Å². The molecule has 8 heteroatoms. The van der Waals surface area contributed by atoms with Crippen LogP contribution < -0.4 is 4.90 Å². The number of nitrogens with zero attached hydrogens (tertiary/aromatic N) is 3. The van der Waals surface area contributed by atoms with Crippen LogP contribution in [-0.4, -0.2) is 27.5 Å². The zero-order valence-corrected chi connectivity index (χ0v) is 18.8. The van der Waals surface area contributed by atoms with Crippen LogP contribution in [0.4, 0.5) is 15.5 Å². The highest BCUT2D eigenvalue weighted by Gasteiger charge is 2.31. The van der Waals surface area contributed by atoms with Gasteiger partial charge in [-0.2, -0.15) is 0 Å². The molecule has 4 aromatic rings. The van der Waals surface area contributed by atoms with Crippen LogP contribution >= 0.6 is 0 Å². The van der Waals surface area contributed by atoms with Crippen LogP contribution in [0.15, 0.2) is 78.9 Å². The Morgan fingerprint density at radius 3 is 1.85 bits per heavy atom. The zero-order valence-electron chi connectivity index (χ0n) is 18.8. The first-order valence-corrected chi connectivity index (χ1v) is 10.6. The minimum Gasteiger partial charge on any atom is -0.444 e. The van der Waals surface area contributed by atoms with Crippen molar-refractivity contribution in [3.8, 4) is 0 Å². The molecule has 0 atom stereocenters. The molecule has 34 heavy (non-hydrogen) atoms. The first-order valence-electron chi connectivity index (χ1n) is 10.6. The molecule has 0 bridgehead atoms. The number of aromatic nitrogens is 2. The number of amides is 2. The fourth-order valence-electron chi connectivity index (χ4n) is 3.41. The lowest BCUT2D eigenvalue weighted by molar-refractivity contribution is 0.101. The SMILES string of the molecule is CC(=O)c1ccc2c(c1)nc(N(C(=O)OCc1ccccc1)C(=O)OCc1ccccc1)n2C. The first kappa shape index (κ1) is 22.7. The van der Waals surface area contributed by atoms with Gasteiger partial charge in [0.25, 0.3) is 0 Å². The molecule has 2 amide bonds. The molecule has 0 spiro atoms. The van der Waals surface area contributed by atoms with E-state index in [1.54, 1.807) is 29.8 Å². The molecule has 0 aliphatic heterocycles. The summed E-state index contributed by atoms with van der Waals surface area (Å²) in [7, 11) is 1.67. The quantitative estimate of drug-likeness (QED) is 0.367. The smallest absolute Gasteiger partial charge is 0.426 e. The van der Waals surface area contributed by atoms with Gasteiger partial charge in [0.2, 0.25) is 5.95 Å². The average Bonchev–Trinajstić information content (AvgIpc) is 3.18. The summed E-state index contributed by atoms with van der Waals surface area (Å²) in [6.45, 7) is 1.40. The lowest BCUT2D eigenvalue weighted by Crippen LogP contribution is -2.39. The Bertz CT molecular complexity index is 1280. The van der Waals surface area contributed by atoms with E-state index in [0.717, 1.165) is 16.0 Å². The Hall–Kier alpha value is -4.46. The molecule has 0 N–H and O–H groups in total. The van der Waals surface area contributed by atoms with E-state index in [-0.39, 0.29) is 24.9 Å². The van der Waals surface area contributed by atoms with Gasteiger partial charge in [-0.25, -0.2) is 14.6 Å². The lowest BCUT2D eigenvalue weighted by Gasteiger charge is -2.19. The molecule has 0 unspecified atom stereocenters. The van der Waals surface area contributed by atoms with Gasteiger partial charge in [-0.1, -0.05) is 60.7 Å². The maximum absolute atomic E-state index is 13.1. The van der Waals surface area contributed by atoms with E-state index in [1.165, 1.54) is 6.92 Å². The van der Waals surface area contributed by atoms with Gasteiger partial charge in [-0.05, 0) is 36.2 Å². The minimum atomic E-state index is -0.924. The molecule has 1 aromatic heterocycles. The van der Waals surface area contributed by atoms with E-state index in [9.17, 15) is 14.4 Å². The number of rotatable bonds is 6. The normalized spacial score (nSPS) is 10.6. The van der Waals surface area contributed by atoms with Crippen LogP contribution in [0.2, 0.25) is 0 Å². The number of carbonyl (C=O) groups is 3. The maximum Gasteiger partial charge on any atom is 0.426 e. The number of hydrogen-bond acceptors (Lipinski definition) is 6. The third kappa shape index (κ3) is 4.96. The van der Waals surface area contributed by atoms with Gasteiger partial charge in [-0.3, -0.25) is 4.79 Å². The van der Waals surface area contributed by atoms with Gasteiger partial charge in [0, 0.05) is 12.6 Å². The van der Waals surface area contributed by atoms with Crippen LogP contribution in [0, 0.1) is 0 Å². The second-order valence-electron chi connectivity index (χ2n) is 7.65. The summed E-state index contributed by atoms with van der Waals surface area (Å²) in [5.74, 6) is -0.0951. The highest BCUT2D eigenvalue weighted by molar-refractivity contribution is 6.09. The minimum absolute atomic E-state index is 0.0202. The molecule has 0 radical (unpaired) electrons. The van der Waals surface area contributed by atoms with E-state index in [0.29, 0.717) is 16.6 Å². The van der Waals surface area contributed by atoms with Gasteiger partial charge in [-0.15, -0.1) is 4.90 Å². The summed E-state index contributed by atoms with van der Waals surface area (Å²) < 4.78 is 12.4. The van der Waals surface area contributed by atoms with Gasteiger partial charge >= 0.3 is 12.2 Å². The predicted molar refractivity (Wildman–Crippen MR) is 126 cm³/mol. The Balaban J connectivity index is 1.64. The largest absolute Gasteiger partial charge is 0.444 e. The predicted octanol–water partition coefficient (Wildman–Crippen LogP) is 5.26. The van der Waals surface area contributed by atoms with Crippen LogP contribution in [-0.2, 0) is 29.7 Å². The zero-order chi connectivity index (χ0) is 24.1. The molecular formula is C26H23N3O5. The number of benzene rings is 3. The molecule has 0 saturated heterocycles.